The Morgan fingerprint density at radius 2 is 1.49 bits per heavy atom. The average molecular weight is 873 g/mol. The van der Waals surface area contributed by atoms with Crippen molar-refractivity contribution >= 4 is 36.4 Å². The molecule has 2 heterocycles. The number of ether oxygens (including phenoxy) is 4. The van der Waals surface area contributed by atoms with Crippen LogP contribution in [0.5, 0.6) is 0 Å². The van der Waals surface area contributed by atoms with E-state index in [0.717, 1.165) is 50.5 Å². The van der Waals surface area contributed by atoms with Crippen molar-refractivity contribution in [3.05, 3.63) is 48.3 Å². The number of terminal acetylenes is 1. The summed E-state index contributed by atoms with van der Waals surface area (Å²) in [5.74, 6) is 0.800. The van der Waals surface area contributed by atoms with Gasteiger partial charge < -0.3 is 33.4 Å². The molecule has 0 bridgehead atoms. The Labute approximate surface area is 362 Å². The normalized spacial score (nSPS) is 15.0. The zero-order valence-corrected chi connectivity index (χ0v) is 38.2. The van der Waals surface area contributed by atoms with Crippen LogP contribution in [0.25, 0.3) is 11.2 Å². The van der Waals surface area contributed by atoms with Crippen LogP contribution in [0.15, 0.2) is 36.7 Å². The topological polar surface area (TPSA) is 165 Å². The summed E-state index contributed by atoms with van der Waals surface area (Å²) in [5.41, 5.74) is -0.390. The van der Waals surface area contributed by atoms with Gasteiger partial charge in [0.15, 0.2) is 22.6 Å². The molecule has 0 aliphatic heterocycles. The summed E-state index contributed by atoms with van der Waals surface area (Å²) in [6.07, 6.45) is 20.3. The molecular formula is C45H70FN6O8P. The highest BCUT2D eigenvalue weighted by Gasteiger charge is 2.43. The maximum Gasteiger partial charge on any atom is 0.323 e. The predicted molar refractivity (Wildman–Crippen MR) is 237 cm³/mol. The fraction of sp³-hybridized carbons (Fsp3) is 0.667. The summed E-state index contributed by atoms with van der Waals surface area (Å²) < 4.78 is 60.7. The van der Waals surface area contributed by atoms with Gasteiger partial charge in [-0.2, -0.15) is 14.4 Å². The number of carbonyl (C=O) groups is 2. The highest BCUT2D eigenvalue weighted by atomic mass is 31.2. The van der Waals surface area contributed by atoms with Gasteiger partial charge >= 0.3 is 18.0 Å². The standard InChI is InChI=1S/C45H70FN6O8P/c1-8-11-13-15-17-19-24-28-58-42(53)35(4)32-61(55,51-37(30-36-26-22-21-23-27-36)43(54)59-29-25-20-18-16-14-12-9-2)60-33-45(10-3,57-7)38(56-6)31-52-34-48-39-40(47-5)49-44(46)50-41(39)52/h3,21-23,26-27,34-35,37-38H,8-9,11-20,24-25,28-33H2,1-2,4-7H3,(H,51,55)(H,47,49,50)/t35-,37+,38+,45-,61?/m1/s1. The number of esters is 2. The Morgan fingerprint density at radius 1 is 0.902 bits per heavy atom. The number of unbranched alkanes of at least 4 members (excludes halogenated alkanes) is 12. The number of hydrogen-bond donors (Lipinski definition) is 2. The molecular weight excluding hydrogens is 803 g/mol. The number of fused-ring (bicyclic) bond motifs is 1. The van der Waals surface area contributed by atoms with E-state index in [1.54, 1.807) is 18.5 Å². The van der Waals surface area contributed by atoms with Gasteiger partial charge in [-0.3, -0.25) is 14.2 Å². The molecule has 1 aromatic carbocycles. The number of benzene rings is 1. The summed E-state index contributed by atoms with van der Waals surface area (Å²) in [4.78, 5) is 39.3. The van der Waals surface area contributed by atoms with Gasteiger partial charge in [-0.25, -0.2) is 10.1 Å². The van der Waals surface area contributed by atoms with Crippen molar-refractivity contribution in [1.82, 2.24) is 24.6 Å². The summed E-state index contributed by atoms with van der Waals surface area (Å²) in [5, 5.41) is 5.83. The number of imidazole rings is 1. The highest BCUT2D eigenvalue weighted by Crippen LogP contribution is 2.47. The van der Waals surface area contributed by atoms with Gasteiger partial charge in [0.2, 0.25) is 0 Å². The minimum atomic E-state index is -4.18. The van der Waals surface area contributed by atoms with Gasteiger partial charge in [-0.1, -0.05) is 134 Å². The van der Waals surface area contributed by atoms with Crippen LogP contribution in [0.4, 0.5) is 10.2 Å². The first-order chi connectivity index (χ1) is 29.5. The molecule has 0 fully saturated rings. The summed E-state index contributed by atoms with van der Waals surface area (Å²) >= 11 is 0. The van der Waals surface area contributed by atoms with Crippen molar-refractivity contribution in [3.63, 3.8) is 0 Å². The van der Waals surface area contributed by atoms with Crippen molar-refractivity contribution in [1.29, 1.82) is 0 Å². The lowest BCUT2D eigenvalue weighted by Gasteiger charge is -2.36. The van der Waals surface area contributed by atoms with Crippen LogP contribution in [0.2, 0.25) is 0 Å². The third-order valence-corrected chi connectivity index (χ3v) is 13.0. The SMILES string of the molecule is C#C[C@](COP(=O)(C[C@@H](C)C(=O)OCCCCCCCCC)N[C@@H](Cc1ccccc1)C(=O)OCCCCCCCCC)(OC)[C@H](Cn1cnc2c(NC)nc(F)nc21)OC. The van der Waals surface area contributed by atoms with Gasteiger partial charge in [0.05, 0.1) is 44.8 Å². The number of carbonyl (C=O) groups excluding carboxylic acids is 2. The van der Waals surface area contributed by atoms with Crippen LogP contribution < -0.4 is 10.4 Å². The number of nitrogens with one attached hydrogen (secondary N) is 2. The van der Waals surface area contributed by atoms with Gasteiger partial charge in [-0.15, -0.1) is 6.42 Å². The van der Waals surface area contributed by atoms with E-state index in [9.17, 15) is 14.0 Å². The molecule has 1 unspecified atom stereocenters. The Morgan fingerprint density at radius 3 is 2.05 bits per heavy atom. The van der Waals surface area contributed by atoms with E-state index in [2.05, 4.69) is 45.1 Å². The summed E-state index contributed by atoms with van der Waals surface area (Å²) in [6, 6.07) is 8.18. The molecule has 0 aliphatic carbocycles. The Kier molecular flexibility index (Phi) is 23.5. The number of anilines is 1. The van der Waals surface area contributed by atoms with Gasteiger partial charge in [0.25, 0.3) is 7.52 Å². The fourth-order valence-corrected chi connectivity index (χ4v) is 9.27. The molecule has 0 radical (unpaired) electrons. The monoisotopic (exact) mass is 872 g/mol. The molecule has 0 aliphatic rings. The van der Waals surface area contributed by atoms with E-state index in [1.165, 1.54) is 59.1 Å². The van der Waals surface area contributed by atoms with E-state index in [1.807, 2.05) is 30.3 Å². The second-order valence-corrected chi connectivity index (χ2v) is 17.8. The first-order valence-electron chi connectivity index (χ1n) is 22.0. The van der Waals surface area contributed by atoms with Crippen molar-refractivity contribution in [3.8, 4) is 12.3 Å². The first-order valence-corrected chi connectivity index (χ1v) is 23.8. The molecule has 3 aromatic rings. The molecule has 340 valence electrons. The van der Waals surface area contributed by atoms with Crippen LogP contribution >= 0.6 is 7.52 Å². The van der Waals surface area contributed by atoms with E-state index in [4.69, 9.17) is 29.9 Å². The number of aromatic nitrogens is 4. The van der Waals surface area contributed by atoms with E-state index < -0.39 is 55.8 Å². The van der Waals surface area contributed by atoms with Gasteiger partial charge in [0, 0.05) is 21.3 Å². The Bertz CT molecular complexity index is 1830. The van der Waals surface area contributed by atoms with Crippen LogP contribution in [-0.2, 0) is 50.6 Å². The number of rotatable bonds is 33. The van der Waals surface area contributed by atoms with Crippen molar-refractivity contribution < 1.29 is 42.0 Å². The van der Waals surface area contributed by atoms with Crippen LogP contribution in [0.1, 0.15) is 116 Å². The van der Waals surface area contributed by atoms with E-state index in [0.29, 0.717) is 11.9 Å². The van der Waals surface area contributed by atoms with Crippen molar-refractivity contribution in [2.45, 2.75) is 141 Å². The number of methoxy groups -OCH3 is 2. The second kappa shape index (κ2) is 27.9. The average Bonchev–Trinajstić information content (AvgIpc) is 3.67. The van der Waals surface area contributed by atoms with Gasteiger partial charge in [0.1, 0.15) is 12.1 Å². The molecule has 0 saturated carbocycles. The lowest BCUT2D eigenvalue weighted by molar-refractivity contribution is -0.147. The molecule has 14 nitrogen and oxygen atoms in total. The lowest BCUT2D eigenvalue weighted by Crippen LogP contribution is -2.50. The highest BCUT2D eigenvalue weighted by molar-refractivity contribution is 7.57. The summed E-state index contributed by atoms with van der Waals surface area (Å²) in [6.45, 7) is 5.89. The van der Waals surface area contributed by atoms with Crippen LogP contribution in [0, 0.1) is 24.3 Å². The number of nitrogens with zero attached hydrogens (tertiary/aromatic N) is 4. The van der Waals surface area contributed by atoms with Crippen molar-refractivity contribution in [2.24, 2.45) is 5.92 Å². The maximum absolute atomic E-state index is 15.2. The largest absolute Gasteiger partial charge is 0.465 e. The fourth-order valence-electron chi connectivity index (χ4n) is 7.05. The molecule has 0 saturated heterocycles. The molecule has 5 atom stereocenters. The minimum absolute atomic E-state index is 0.0331. The van der Waals surface area contributed by atoms with Crippen LogP contribution in [0.3, 0.4) is 0 Å². The van der Waals surface area contributed by atoms with E-state index >= 15 is 4.57 Å². The molecule has 3 rings (SSSR count). The zero-order chi connectivity index (χ0) is 44.5. The minimum Gasteiger partial charge on any atom is -0.465 e. The molecule has 2 aromatic heterocycles. The Hall–Kier alpha value is -3.93. The molecule has 2 N–H and O–H groups in total. The number of hydrogen-bond acceptors (Lipinski definition) is 12. The number of halogens is 1. The first kappa shape index (κ1) is 51.4. The predicted octanol–water partition coefficient (Wildman–Crippen LogP) is 8.67. The molecule has 0 spiro atoms. The maximum atomic E-state index is 15.2. The Balaban J connectivity index is 1.87. The van der Waals surface area contributed by atoms with Crippen LogP contribution in [-0.4, -0.2) is 96.5 Å². The smallest absolute Gasteiger partial charge is 0.323 e. The third-order valence-electron chi connectivity index (χ3n) is 10.8. The quantitative estimate of drug-likeness (QED) is 0.0197. The molecule has 0 amide bonds. The summed E-state index contributed by atoms with van der Waals surface area (Å²) in [7, 11) is 0.196. The zero-order valence-electron chi connectivity index (χ0n) is 37.3. The van der Waals surface area contributed by atoms with Crippen molar-refractivity contribution in [2.75, 3.05) is 52.6 Å². The van der Waals surface area contributed by atoms with Gasteiger partial charge in [-0.05, 0) is 24.8 Å². The third kappa shape index (κ3) is 17.0. The second-order valence-electron chi connectivity index (χ2n) is 15.6. The molecule has 61 heavy (non-hydrogen) atoms. The van der Waals surface area contributed by atoms with E-state index in [-0.39, 0.29) is 43.8 Å². The lowest BCUT2D eigenvalue weighted by atomic mass is 9.98. The molecule has 16 heteroatoms.